The van der Waals surface area contributed by atoms with Crippen molar-refractivity contribution in [3.63, 3.8) is 0 Å². The van der Waals surface area contributed by atoms with E-state index in [2.05, 4.69) is 0 Å². The van der Waals surface area contributed by atoms with Crippen LogP contribution < -0.4 is 0 Å². The van der Waals surface area contributed by atoms with E-state index >= 15 is 0 Å². The number of aliphatic hydroxyl groups is 1. The van der Waals surface area contributed by atoms with Gasteiger partial charge in [-0.15, -0.1) is 0 Å². The monoisotopic (exact) mass is 444 g/mol. The largest absolute Gasteiger partial charge is 0.458 e. The summed E-state index contributed by atoms with van der Waals surface area (Å²) < 4.78 is 17.6. The fourth-order valence-corrected chi connectivity index (χ4v) is 4.99. The number of rotatable bonds is 7. The van der Waals surface area contributed by atoms with Crippen molar-refractivity contribution in [2.75, 3.05) is 6.61 Å². The summed E-state index contributed by atoms with van der Waals surface area (Å²) in [7, 11) is 0. The normalized spacial score (nSPS) is 26.2. The number of hydrogen-bond acceptors (Lipinski definition) is 5. The first-order valence-corrected chi connectivity index (χ1v) is 11.5. The number of benzene rings is 3. The van der Waals surface area contributed by atoms with E-state index in [1.165, 1.54) is 0 Å². The zero-order valence-corrected chi connectivity index (χ0v) is 18.4. The Hall–Kier alpha value is -2.99. The molecule has 0 amide bonds. The molecule has 2 fully saturated rings. The average molecular weight is 445 g/mol. The number of aliphatic hydroxyl groups excluding tert-OH is 1. The average Bonchev–Trinajstić information content (AvgIpc) is 3.36. The van der Waals surface area contributed by atoms with E-state index in [1.54, 1.807) is 0 Å². The summed E-state index contributed by atoms with van der Waals surface area (Å²) in [5, 5.41) is 9.95. The van der Waals surface area contributed by atoms with E-state index in [-0.39, 0.29) is 30.0 Å². The molecule has 1 saturated heterocycles. The van der Waals surface area contributed by atoms with Crippen molar-refractivity contribution in [3.05, 3.63) is 96.1 Å². The number of esters is 1. The lowest BCUT2D eigenvalue weighted by Gasteiger charge is -2.24. The zero-order valence-electron chi connectivity index (χ0n) is 18.4. The molecule has 1 unspecified atom stereocenters. The Labute approximate surface area is 193 Å². The molecule has 0 aromatic heterocycles. The third-order valence-electron chi connectivity index (χ3n) is 6.68. The predicted molar refractivity (Wildman–Crippen MR) is 124 cm³/mol. The first-order chi connectivity index (χ1) is 16.2. The molecule has 0 radical (unpaired) electrons. The van der Waals surface area contributed by atoms with Gasteiger partial charge >= 0.3 is 5.97 Å². The van der Waals surface area contributed by atoms with E-state index < -0.39 is 6.29 Å². The molecular weight excluding hydrogens is 416 g/mol. The molecule has 2 aliphatic rings. The molecule has 5 atom stereocenters. The van der Waals surface area contributed by atoms with Crippen LogP contribution in [0.5, 0.6) is 0 Å². The molecule has 1 saturated carbocycles. The van der Waals surface area contributed by atoms with Gasteiger partial charge in [0.2, 0.25) is 0 Å². The molecule has 0 bridgehead atoms. The summed E-state index contributed by atoms with van der Waals surface area (Å²) in [6.45, 7) is 0.955. The number of carbonyl (C=O) groups is 1. The van der Waals surface area contributed by atoms with Gasteiger partial charge in [0.25, 0.3) is 0 Å². The fraction of sp³-hybridized carbons (Fsp3) is 0.321. The maximum absolute atomic E-state index is 12.9. The second-order valence-electron chi connectivity index (χ2n) is 8.82. The molecular formula is C28H28O5. The molecule has 3 aromatic carbocycles. The summed E-state index contributed by atoms with van der Waals surface area (Å²) in [5.41, 5.74) is 3.78. The highest BCUT2D eigenvalue weighted by Crippen LogP contribution is 2.44. The lowest BCUT2D eigenvalue weighted by Crippen LogP contribution is -2.30. The Morgan fingerprint density at radius 1 is 0.879 bits per heavy atom. The molecule has 3 aromatic rings. The summed E-state index contributed by atoms with van der Waals surface area (Å²) >= 11 is 0. The lowest BCUT2D eigenvalue weighted by molar-refractivity contribution is -0.0961. The number of fused-ring (bicyclic) bond motifs is 1. The van der Waals surface area contributed by atoms with Gasteiger partial charge in [0, 0.05) is 18.8 Å². The van der Waals surface area contributed by atoms with Crippen molar-refractivity contribution in [1.29, 1.82) is 0 Å². The predicted octanol–water partition coefficient (Wildman–Crippen LogP) is 4.84. The van der Waals surface area contributed by atoms with Crippen molar-refractivity contribution in [2.24, 2.45) is 11.8 Å². The third-order valence-corrected chi connectivity index (χ3v) is 6.68. The van der Waals surface area contributed by atoms with E-state index in [0.29, 0.717) is 31.6 Å². The van der Waals surface area contributed by atoms with Gasteiger partial charge in [0.15, 0.2) is 6.29 Å². The van der Waals surface area contributed by atoms with Crippen LogP contribution in [0, 0.1) is 11.8 Å². The topological polar surface area (TPSA) is 65.0 Å². The minimum Gasteiger partial charge on any atom is -0.458 e. The van der Waals surface area contributed by atoms with Gasteiger partial charge in [-0.3, -0.25) is 0 Å². The van der Waals surface area contributed by atoms with Gasteiger partial charge < -0.3 is 19.3 Å². The Balaban J connectivity index is 1.24. The van der Waals surface area contributed by atoms with Crippen LogP contribution in [0.15, 0.2) is 84.9 Å². The van der Waals surface area contributed by atoms with Gasteiger partial charge in [0.05, 0.1) is 24.9 Å². The Morgan fingerprint density at radius 3 is 2.27 bits per heavy atom. The lowest BCUT2D eigenvalue weighted by atomic mass is 9.92. The van der Waals surface area contributed by atoms with Gasteiger partial charge in [0.1, 0.15) is 6.10 Å². The van der Waals surface area contributed by atoms with E-state index in [0.717, 1.165) is 16.7 Å². The molecule has 170 valence electrons. The van der Waals surface area contributed by atoms with E-state index in [9.17, 15) is 9.90 Å². The van der Waals surface area contributed by atoms with Crippen molar-refractivity contribution < 1.29 is 24.1 Å². The van der Waals surface area contributed by atoms with Crippen LogP contribution in [0.2, 0.25) is 0 Å². The number of ether oxygens (including phenoxy) is 3. The first kappa shape index (κ1) is 21.8. The summed E-state index contributed by atoms with van der Waals surface area (Å²) in [4.78, 5) is 12.9. The van der Waals surface area contributed by atoms with Crippen LogP contribution in [-0.2, 0) is 20.8 Å². The number of hydrogen-bond donors (Lipinski definition) is 1. The zero-order chi connectivity index (χ0) is 22.6. The van der Waals surface area contributed by atoms with E-state index in [4.69, 9.17) is 14.2 Å². The second-order valence-corrected chi connectivity index (χ2v) is 8.82. The minimum atomic E-state index is -0.751. The van der Waals surface area contributed by atoms with Crippen molar-refractivity contribution in [2.45, 2.75) is 37.9 Å². The van der Waals surface area contributed by atoms with Gasteiger partial charge in [-0.05, 0) is 34.7 Å². The molecule has 1 aliphatic heterocycles. The first-order valence-electron chi connectivity index (χ1n) is 11.5. The van der Waals surface area contributed by atoms with Crippen molar-refractivity contribution >= 4 is 5.97 Å². The molecule has 5 heteroatoms. The van der Waals surface area contributed by atoms with Gasteiger partial charge in [-0.2, -0.15) is 0 Å². The highest BCUT2D eigenvalue weighted by atomic mass is 16.6. The van der Waals surface area contributed by atoms with Crippen LogP contribution >= 0.6 is 0 Å². The van der Waals surface area contributed by atoms with Crippen LogP contribution in [0.1, 0.15) is 28.8 Å². The molecule has 5 rings (SSSR count). The Kier molecular flexibility index (Phi) is 6.53. The molecule has 1 heterocycles. The quantitative estimate of drug-likeness (QED) is 0.529. The molecule has 1 N–H and O–H groups in total. The molecule has 5 nitrogen and oxygen atoms in total. The minimum absolute atomic E-state index is 0.0107. The molecule has 0 spiro atoms. The molecule has 33 heavy (non-hydrogen) atoms. The number of carbonyl (C=O) groups excluding carboxylic acids is 1. The van der Waals surface area contributed by atoms with Crippen LogP contribution in [0.25, 0.3) is 11.1 Å². The van der Waals surface area contributed by atoms with Crippen LogP contribution in [0.3, 0.4) is 0 Å². The highest BCUT2D eigenvalue weighted by molar-refractivity contribution is 5.90. The van der Waals surface area contributed by atoms with Crippen molar-refractivity contribution in [3.8, 4) is 11.1 Å². The maximum atomic E-state index is 12.9. The summed E-state index contributed by atoms with van der Waals surface area (Å²) in [6.07, 6.45) is -0.0364. The molecule has 1 aliphatic carbocycles. The summed E-state index contributed by atoms with van der Waals surface area (Å²) in [5.74, 6) is -0.231. The van der Waals surface area contributed by atoms with Gasteiger partial charge in [-0.1, -0.05) is 72.8 Å². The third kappa shape index (κ3) is 5.01. The van der Waals surface area contributed by atoms with Gasteiger partial charge in [-0.25, -0.2) is 4.79 Å². The SMILES string of the molecule is O=C(O[C@@H]1C[C@@H]2OC(O)C[C@@H]2[C@H]1COCc1ccccc1)c1ccc(-c2ccccc2)cc1. The summed E-state index contributed by atoms with van der Waals surface area (Å²) in [6, 6.07) is 27.5. The van der Waals surface area contributed by atoms with Crippen LogP contribution in [0.4, 0.5) is 0 Å². The standard InChI is InChI=1S/C28H28O5/c29-27-15-23-24(18-31-17-19-7-3-1-4-8-19)26(16-25(23)32-27)33-28(30)22-13-11-21(12-14-22)20-9-5-2-6-10-20/h1-14,23-27,29H,15-18H2/t23-,24-,25+,26-,27?/m1/s1. The Morgan fingerprint density at radius 2 is 1.55 bits per heavy atom. The smallest absolute Gasteiger partial charge is 0.338 e. The highest BCUT2D eigenvalue weighted by Gasteiger charge is 2.51. The Bertz CT molecular complexity index is 1050. The van der Waals surface area contributed by atoms with Crippen molar-refractivity contribution in [1.82, 2.24) is 0 Å². The van der Waals surface area contributed by atoms with Crippen LogP contribution in [-0.4, -0.2) is 36.2 Å². The maximum Gasteiger partial charge on any atom is 0.338 e. The fourth-order valence-electron chi connectivity index (χ4n) is 4.99. The second kappa shape index (κ2) is 9.87. The van der Waals surface area contributed by atoms with E-state index in [1.807, 2.05) is 84.9 Å².